The van der Waals surface area contributed by atoms with Crippen molar-refractivity contribution >= 4 is 83.3 Å². The average molecular weight is 981 g/mol. The first-order valence-electron chi connectivity index (χ1n) is 21.2. The van der Waals surface area contributed by atoms with Gasteiger partial charge in [0.2, 0.25) is 5.91 Å². The number of anilines is 3. The van der Waals surface area contributed by atoms with E-state index in [1.807, 2.05) is 0 Å². The van der Waals surface area contributed by atoms with Crippen molar-refractivity contribution in [1.29, 1.82) is 0 Å². The third-order valence-electron chi connectivity index (χ3n) is 10.0. The number of thiazole rings is 2. The molecule has 0 fully saturated rings. The van der Waals surface area contributed by atoms with E-state index in [0.717, 1.165) is 63.9 Å². The van der Waals surface area contributed by atoms with E-state index in [-0.39, 0.29) is 48.2 Å². The summed E-state index contributed by atoms with van der Waals surface area (Å²) in [5.41, 5.74) is 2.73. The Morgan fingerprint density at radius 3 is 1.83 bits per heavy atom. The SMILES string of the molecule is Fc1ccc2nc(CCNCCc3nc4c(NCc5ncccc5F)ncnc4s3)[nH]c2c1.O=C(CCNCCc1nc2c(NCc3ncccc3F)ncnc2s1)Nc1cc(F)ccc1[N+](=O)[O-]. The molecule has 6 N–H and O–H groups in total. The lowest BCUT2D eigenvalue weighted by atomic mass is 10.2. The lowest BCUT2D eigenvalue weighted by Gasteiger charge is -2.07. The molecule has 0 unspecified atom stereocenters. The molecule has 69 heavy (non-hydrogen) atoms. The third kappa shape index (κ3) is 12.8. The van der Waals surface area contributed by atoms with Crippen LogP contribution in [0, 0.1) is 33.4 Å². The molecule has 19 nitrogen and oxygen atoms in total. The van der Waals surface area contributed by atoms with Gasteiger partial charge in [0.15, 0.2) is 11.6 Å². The number of imidazole rings is 1. The zero-order valence-electron chi connectivity index (χ0n) is 36.2. The van der Waals surface area contributed by atoms with E-state index in [1.165, 1.54) is 71.9 Å². The number of nitro benzene ring substituents is 1. The number of fused-ring (bicyclic) bond motifs is 3. The highest BCUT2D eigenvalue weighted by Gasteiger charge is 2.18. The highest BCUT2D eigenvalue weighted by atomic mass is 32.1. The first-order chi connectivity index (χ1) is 33.6. The second-order valence-corrected chi connectivity index (χ2v) is 17.0. The summed E-state index contributed by atoms with van der Waals surface area (Å²) in [6, 6.07) is 13.2. The predicted octanol–water partition coefficient (Wildman–Crippen LogP) is 7.06. The normalized spacial score (nSPS) is 11.2. The van der Waals surface area contributed by atoms with Gasteiger partial charge in [-0.1, -0.05) is 22.7 Å². The molecule has 0 spiro atoms. The number of nitrogens with one attached hydrogen (secondary N) is 6. The van der Waals surface area contributed by atoms with Crippen LogP contribution in [-0.4, -0.2) is 86.8 Å². The standard InChI is InChI=1S/C22H20F2N8O3S.C22H20F2N8S/c23-13-3-4-17(32(34)35)15(10-13)30-18(33)5-8-25-9-6-19-31-20-21(28-12-29-22(20)36-19)27-11-16-14(24)2-1-7-26-16;23-13-3-4-15-16(10-13)31-18(30-15)5-8-25-9-6-19-32-20-21(28-12-29-22(20)33-19)27-11-17-14(24)2-1-7-26-17/h1-4,7,10,12,25H,5-6,8-9,11H2,(H,30,33)(H,27,28,29);1-4,7,10,12,25H,5-6,8-9,11H2,(H,30,31)(H,27,28,29). The van der Waals surface area contributed by atoms with Crippen molar-refractivity contribution < 1.29 is 27.3 Å². The molecule has 0 radical (unpaired) electrons. The minimum Gasteiger partial charge on any atom is -0.362 e. The smallest absolute Gasteiger partial charge is 0.292 e. The van der Waals surface area contributed by atoms with Crippen molar-refractivity contribution in [2.75, 3.05) is 42.1 Å². The Morgan fingerprint density at radius 1 is 0.667 bits per heavy atom. The number of hydrogen-bond donors (Lipinski definition) is 6. The molecule has 0 aliphatic carbocycles. The molecule has 354 valence electrons. The third-order valence-corrected chi connectivity index (χ3v) is 12.1. The average Bonchev–Trinajstić information content (AvgIpc) is 4.08. The van der Waals surface area contributed by atoms with Gasteiger partial charge in [0.05, 0.1) is 50.4 Å². The molecule has 0 aliphatic heterocycles. The number of nitro groups is 1. The van der Waals surface area contributed by atoms with Crippen LogP contribution in [0.15, 0.2) is 85.7 Å². The van der Waals surface area contributed by atoms with Crippen LogP contribution in [-0.2, 0) is 37.1 Å². The van der Waals surface area contributed by atoms with Crippen molar-refractivity contribution in [3.8, 4) is 0 Å². The van der Waals surface area contributed by atoms with Gasteiger partial charge in [-0.3, -0.25) is 24.9 Å². The maximum absolute atomic E-state index is 13.8. The van der Waals surface area contributed by atoms with E-state index in [4.69, 9.17) is 0 Å². The maximum Gasteiger partial charge on any atom is 0.292 e. The van der Waals surface area contributed by atoms with E-state index in [2.05, 4.69) is 76.4 Å². The number of H-pyrrole nitrogens is 1. The monoisotopic (exact) mass is 980 g/mol. The Bertz CT molecular complexity index is 3230. The minimum atomic E-state index is -0.687. The first-order valence-corrected chi connectivity index (χ1v) is 22.9. The summed E-state index contributed by atoms with van der Waals surface area (Å²) >= 11 is 2.91. The zero-order chi connectivity index (χ0) is 48.1. The number of rotatable bonds is 20. The van der Waals surface area contributed by atoms with Gasteiger partial charge in [-0.25, -0.2) is 52.4 Å². The summed E-state index contributed by atoms with van der Waals surface area (Å²) in [6.45, 7) is 2.65. The van der Waals surface area contributed by atoms with Crippen molar-refractivity contribution in [2.24, 2.45) is 0 Å². The highest BCUT2D eigenvalue weighted by Crippen LogP contribution is 2.28. The first kappa shape index (κ1) is 47.7. The topological polar surface area (TPSA) is 252 Å². The fraction of sp³-hybridized carbons (Fsp3) is 0.227. The number of carbonyl (C=O) groups excluding carboxylic acids is 1. The molecule has 2 aromatic carbocycles. The van der Waals surface area contributed by atoms with Gasteiger partial charge < -0.3 is 31.6 Å². The summed E-state index contributed by atoms with van der Waals surface area (Å²) in [6.07, 6.45) is 7.99. The number of benzene rings is 2. The number of aromatic nitrogens is 10. The van der Waals surface area contributed by atoms with Crippen LogP contribution in [0.4, 0.5) is 40.6 Å². The summed E-state index contributed by atoms with van der Waals surface area (Å²) in [7, 11) is 0. The number of hydrogen-bond acceptors (Lipinski definition) is 18. The fourth-order valence-corrected chi connectivity index (χ4v) is 8.49. The number of carbonyl (C=O) groups is 1. The highest BCUT2D eigenvalue weighted by molar-refractivity contribution is 7.18. The number of amides is 1. The molecule has 0 bridgehead atoms. The molecular weight excluding hydrogens is 941 g/mol. The van der Waals surface area contributed by atoms with E-state index in [9.17, 15) is 32.5 Å². The molecule has 0 atom stereocenters. The van der Waals surface area contributed by atoms with E-state index in [0.29, 0.717) is 64.6 Å². The van der Waals surface area contributed by atoms with Gasteiger partial charge in [0.25, 0.3) is 5.69 Å². The van der Waals surface area contributed by atoms with Gasteiger partial charge in [-0.05, 0) is 48.5 Å². The Kier molecular flexibility index (Phi) is 15.8. The van der Waals surface area contributed by atoms with E-state index >= 15 is 0 Å². The molecule has 9 rings (SSSR count). The molecule has 1 amide bonds. The van der Waals surface area contributed by atoms with Crippen LogP contribution in [0.2, 0.25) is 0 Å². The summed E-state index contributed by atoms with van der Waals surface area (Å²) in [5, 5.41) is 27.8. The van der Waals surface area contributed by atoms with E-state index < -0.39 is 22.5 Å². The number of aromatic amines is 1. The van der Waals surface area contributed by atoms with Crippen LogP contribution < -0.4 is 26.6 Å². The van der Waals surface area contributed by atoms with Crippen LogP contribution in [0.25, 0.3) is 31.7 Å². The molecule has 7 aromatic heterocycles. The van der Waals surface area contributed by atoms with Crippen LogP contribution in [0.3, 0.4) is 0 Å². The van der Waals surface area contributed by atoms with Crippen LogP contribution >= 0.6 is 22.7 Å². The van der Waals surface area contributed by atoms with E-state index in [1.54, 1.807) is 18.3 Å². The fourth-order valence-electron chi connectivity index (χ4n) is 6.68. The molecule has 9 aromatic rings. The van der Waals surface area contributed by atoms with Crippen LogP contribution in [0.5, 0.6) is 0 Å². The van der Waals surface area contributed by atoms with Gasteiger partial charge in [0.1, 0.15) is 68.1 Å². The van der Waals surface area contributed by atoms with Gasteiger partial charge >= 0.3 is 0 Å². The molecule has 0 aliphatic rings. The molecule has 0 saturated heterocycles. The number of halogens is 4. The maximum atomic E-state index is 13.8. The van der Waals surface area contributed by atoms with Gasteiger partial charge in [-0.2, -0.15) is 0 Å². The van der Waals surface area contributed by atoms with Gasteiger partial charge in [0, 0.05) is 76.4 Å². The minimum absolute atomic E-state index is 0.0388. The number of pyridine rings is 2. The largest absolute Gasteiger partial charge is 0.362 e. The summed E-state index contributed by atoms with van der Waals surface area (Å²) in [4.78, 5) is 65.8. The summed E-state index contributed by atoms with van der Waals surface area (Å²) in [5.74, 6) is -0.371. The van der Waals surface area contributed by atoms with Crippen molar-refractivity contribution in [2.45, 2.75) is 38.8 Å². The lowest BCUT2D eigenvalue weighted by Crippen LogP contribution is -2.23. The van der Waals surface area contributed by atoms with Crippen LogP contribution in [0.1, 0.15) is 33.6 Å². The molecule has 25 heteroatoms. The molecule has 7 heterocycles. The quantitative estimate of drug-likeness (QED) is 0.0193. The molecule has 0 saturated carbocycles. The van der Waals surface area contributed by atoms with Crippen molar-refractivity contribution in [3.63, 3.8) is 0 Å². The zero-order valence-corrected chi connectivity index (χ0v) is 37.8. The van der Waals surface area contributed by atoms with Crippen molar-refractivity contribution in [1.82, 2.24) is 60.5 Å². The summed E-state index contributed by atoms with van der Waals surface area (Å²) < 4.78 is 54.3. The lowest BCUT2D eigenvalue weighted by molar-refractivity contribution is -0.384. The Labute approximate surface area is 396 Å². The molecular formula is C44H40F4N16O3S2. The Balaban J connectivity index is 0.000000187. The number of nitrogens with zero attached hydrogens (tertiary/aromatic N) is 10. The second-order valence-electron chi connectivity index (χ2n) is 14.8. The predicted molar refractivity (Wildman–Crippen MR) is 253 cm³/mol. The Morgan fingerprint density at radius 2 is 1.23 bits per heavy atom. The second kappa shape index (κ2) is 22.8. The Hall–Kier alpha value is -7.74. The van der Waals surface area contributed by atoms with Crippen molar-refractivity contribution in [3.05, 3.63) is 146 Å². The van der Waals surface area contributed by atoms with Gasteiger partial charge in [-0.15, -0.1) is 0 Å².